The van der Waals surface area contributed by atoms with Gasteiger partial charge in [-0.2, -0.15) is 0 Å². The highest BCUT2D eigenvalue weighted by Gasteiger charge is 2.29. The molecule has 8 nitrogen and oxygen atoms in total. The molecule has 0 radical (unpaired) electrons. The summed E-state index contributed by atoms with van der Waals surface area (Å²) in [5, 5.41) is 0. The lowest BCUT2D eigenvalue weighted by molar-refractivity contribution is 0.0705. The van der Waals surface area contributed by atoms with Crippen LogP contribution in [-0.2, 0) is 7.05 Å². The number of methoxy groups -OCH3 is 1. The van der Waals surface area contributed by atoms with Crippen LogP contribution in [0, 0.1) is 0 Å². The summed E-state index contributed by atoms with van der Waals surface area (Å²) in [4.78, 5) is 38.1. The van der Waals surface area contributed by atoms with E-state index >= 15 is 0 Å². The molecule has 1 fully saturated rings. The number of aromatic nitrogens is 3. The van der Waals surface area contributed by atoms with Crippen LogP contribution in [0.1, 0.15) is 34.8 Å². The van der Waals surface area contributed by atoms with Gasteiger partial charge in [0, 0.05) is 64.2 Å². The Morgan fingerprint density at radius 2 is 2.03 bits per heavy atom. The number of benzene rings is 1. The summed E-state index contributed by atoms with van der Waals surface area (Å²) in [5.74, 6) is 1.40. The molecule has 4 rings (SSSR count). The maximum atomic E-state index is 13.2. The first-order valence-corrected chi connectivity index (χ1v) is 11.0. The van der Waals surface area contributed by atoms with Crippen molar-refractivity contribution >= 4 is 11.9 Å². The lowest BCUT2D eigenvalue weighted by atomic mass is 9.89. The average Bonchev–Trinajstić information content (AvgIpc) is 2.85. The third-order valence-electron chi connectivity index (χ3n) is 6.01. The number of likely N-dealkylation sites (tertiary alicyclic amines) is 1. The standard InChI is InChI=1S/C25H29N5O3/c1-28(2)25-26-14-21(17-7-5-9-20(13-17)33-4)23(27-25)18-8-6-12-30(16-18)24(32)19-10-11-22(31)29(3)15-19/h5,7,9-11,13-15,18H,6,8,12,16H2,1-4H3/t18-/m1/s1. The second kappa shape index (κ2) is 9.44. The summed E-state index contributed by atoms with van der Waals surface area (Å²) in [7, 11) is 7.14. The van der Waals surface area contributed by atoms with Gasteiger partial charge in [-0.15, -0.1) is 0 Å². The fourth-order valence-corrected chi connectivity index (χ4v) is 4.21. The molecule has 1 aromatic carbocycles. The molecule has 172 valence electrons. The van der Waals surface area contributed by atoms with Crippen LogP contribution in [0.15, 0.2) is 53.6 Å². The van der Waals surface area contributed by atoms with Crippen molar-refractivity contribution in [3.63, 3.8) is 0 Å². The van der Waals surface area contributed by atoms with Gasteiger partial charge in [0.25, 0.3) is 5.91 Å². The van der Waals surface area contributed by atoms with Gasteiger partial charge in [-0.1, -0.05) is 12.1 Å². The van der Waals surface area contributed by atoms with Gasteiger partial charge in [0.05, 0.1) is 18.4 Å². The Bertz CT molecular complexity index is 1220. The number of piperidine rings is 1. The van der Waals surface area contributed by atoms with Gasteiger partial charge in [0.2, 0.25) is 11.5 Å². The molecule has 3 heterocycles. The molecule has 33 heavy (non-hydrogen) atoms. The molecule has 0 spiro atoms. The summed E-state index contributed by atoms with van der Waals surface area (Å²) in [6.45, 7) is 1.24. The number of aryl methyl sites for hydroxylation is 1. The molecule has 3 aromatic rings. The largest absolute Gasteiger partial charge is 0.497 e. The smallest absolute Gasteiger partial charge is 0.255 e. The number of hydrogen-bond donors (Lipinski definition) is 0. The first kappa shape index (κ1) is 22.5. The Morgan fingerprint density at radius 1 is 1.21 bits per heavy atom. The van der Waals surface area contributed by atoms with Gasteiger partial charge < -0.3 is 19.1 Å². The molecule has 1 saturated heterocycles. The van der Waals surface area contributed by atoms with Gasteiger partial charge in [-0.25, -0.2) is 9.97 Å². The molecule has 1 aliphatic heterocycles. The van der Waals surface area contributed by atoms with Crippen molar-refractivity contribution in [2.45, 2.75) is 18.8 Å². The molecule has 0 saturated carbocycles. The van der Waals surface area contributed by atoms with Crippen LogP contribution in [0.4, 0.5) is 5.95 Å². The quantitative estimate of drug-likeness (QED) is 0.598. The zero-order valence-electron chi connectivity index (χ0n) is 19.5. The minimum Gasteiger partial charge on any atom is -0.497 e. The minimum atomic E-state index is -0.136. The Morgan fingerprint density at radius 3 is 2.76 bits per heavy atom. The normalized spacial score (nSPS) is 15.9. The van der Waals surface area contributed by atoms with Gasteiger partial charge >= 0.3 is 0 Å². The number of amides is 1. The monoisotopic (exact) mass is 447 g/mol. The van der Waals surface area contributed by atoms with E-state index in [0.29, 0.717) is 24.6 Å². The zero-order chi connectivity index (χ0) is 23.5. The van der Waals surface area contributed by atoms with Crippen molar-refractivity contribution in [3.8, 4) is 16.9 Å². The Labute approximate surface area is 193 Å². The van der Waals surface area contributed by atoms with Gasteiger partial charge in [-0.05, 0) is 36.6 Å². The second-order valence-electron chi connectivity index (χ2n) is 8.55. The third kappa shape index (κ3) is 4.74. The SMILES string of the molecule is COc1cccc(-c2cnc(N(C)C)nc2[C@@H]2CCCN(C(=O)c3ccc(=O)n(C)c3)C2)c1. The zero-order valence-corrected chi connectivity index (χ0v) is 19.5. The van der Waals surface area contributed by atoms with Crippen molar-refractivity contribution in [1.82, 2.24) is 19.4 Å². The molecule has 1 atom stereocenters. The molecular formula is C25H29N5O3. The number of anilines is 1. The van der Waals surface area contributed by atoms with Crippen molar-refractivity contribution in [3.05, 3.63) is 70.4 Å². The first-order valence-electron chi connectivity index (χ1n) is 11.0. The summed E-state index contributed by atoms with van der Waals surface area (Å²) >= 11 is 0. The Balaban J connectivity index is 1.69. The van der Waals surface area contributed by atoms with Gasteiger partial charge in [-0.3, -0.25) is 9.59 Å². The van der Waals surface area contributed by atoms with Crippen LogP contribution in [0.3, 0.4) is 0 Å². The highest BCUT2D eigenvalue weighted by molar-refractivity contribution is 5.94. The van der Waals surface area contributed by atoms with Crippen molar-refractivity contribution in [2.75, 3.05) is 39.2 Å². The van der Waals surface area contributed by atoms with Crippen LogP contribution in [-0.4, -0.2) is 59.6 Å². The molecule has 0 aliphatic carbocycles. The number of hydrogen-bond acceptors (Lipinski definition) is 6. The fraction of sp³-hybridized carbons (Fsp3) is 0.360. The summed E-state index contributed by atoms with van der Waals surface area (Å²) in [6, 6.07) is 10.9. The van der Waals surface area contributed by atoms with Crippen molar-refractivity contribution < 1.29 is 9.53 Å². The molecule has 0 bridgehead atoms. The Kier molecular flexibility index (Phi) is 6.44. The van der Waals surface area contributed by atoms with Gasteiger partial charge in [0.15, 0.2) is 0 Å². The van der Waals surface area contributed by atoms with E-state index in [1.165, 1.54) is 10.6 Å². The van der Waals surface area contributed by atoms with E-state index in [9.17, 15) is 9.59 Å². The molecule has 0 unspecified atom stereocenters. The topological polar surface area (TPSA) is 80.6 Å². The first-order chi connectivity index (χ1) is 15.9. The summed E-state index contributed by atoms with van der Waals surface area (Å²) < 4.78 is 6.85. The van der Waals surface area contributed by atoms with E-state index in [4.69, 9.17) is 9.72 Å². The van der Waals surface area contributed by atoms with Crippen LogP contribution in [0.2, 0.25) is 0 Å². The number of nitrogens with zero attached hydrogens (tertiary/aromatic N) is 5. The lowest BCUT2D eigenvalue weighted by Crippen LogP contribution is -2.40. The van der Waals surface area contributed by atoms with Crippen LogP contribution >= 0.6 is 0 Å². The van der Waals surface area contributed by atoms with E-state index in [0.717, 1.165) is 35.4 Å². The highest BCUT2D eigenvalue weighted by atomic mass is 16.5. The summed E-state index contributed by atoms with van der Waals surface area (Å²) in [5.41, 5.74) is 3.24. The molecule has 2 aromatic heterocycles. The number of ether oxygens (including phenoxy) is 1. The van der Waals surface area contributed by atoms with E-state index in [1.54, 1.807) is 26.4 Å². The molecular weight excluding hydrogens is 418 g/mol. The van der Waals surface area contributed by atoms with Crippen molar-refractivity contribution in [2.24, 2.45) is 7.05 Å². The molecule has 8 heteroatoms. The number of pyridine rings is 1. The van der Waals surface area contributed by atoms with Crippen LogP contribution < -0.4 is 15.2 Å². The van der Waals surface area contributed by atoms with E-state index in [1.807, 2.05) is 54.4 Å². The Hall–Kier alpha value is -3.68. The molecule has 1 amide bonds. The van der Waals surface area contributed by atoms with E-state index in [2.05, 4.69) is 4.98 Å². The second-order valence-corrected chi connectivity index (χ2v) is 8.55. The van der Waals surface area contributed by atoms with Crippen LogP contribution in [0.25, 0.3) is 11.1 Å². The highest BCUT2D eigenvalue weighted by Crippen LogP contribution is 2.35. The lowest BCUT2D eigenvalue weighted by Gasteiger charge is -2.33. The summed E-state index contributed by atoms with van der Waals surface area (Å²) in [6.07, 6.45) is 5.27. The maximum absolute atomic E-state index is 13.2. The molecule has 1 aliphatic rings. The predicted molar refractivity (Wildman–Crippen MR) is 128 cm³/mol. The predicted octanol–water partition coefficient (Wildman–Crippen LogP) is 2.94. The number of rotatable bonds is 5. The average molecular weight is 448 g/mol. The van der Waals surface area contributed by atoms with Gasteiger partial charge in [0.1, 0.15) is 5.75 Å². The number of carbonyl (C=O) groups is 1. The number of carbonyl (C=O) groups excluding carboxylic acids is 1. The van der Waals surface area contributed by atoms with E-state index < -0.39 is 0 Å². The van der Waals surface area contributed by atoms with E-state index in [-0.39, 0.29) is 17.4 Å². The van der Waals surface area contributed by atoms with Crippen molar-refractivity contribution in [1.29, 1.82) is 0 Å². The fourth-order valence-electron chi connectivity index (χ4n) is 4.21. The van der Waals surface area contributed by atoms with Crippen LogP contribution in [0.5, 0.6) is 5.75 Å². The molecule has 0 N–H and O–H groups in total. The maximum Gasteiger partial charge on any atom is 0.255 e. The third-order valence-corrected chi connectivity index (χ3v) is 6.01. The minimum absolute atomic E-state index is 0.0677.